The molecule has 1 aromatic heterocycles. The molecule has 104 valence electrons. The number of nitrogen functional groups attached to an aromatic ring is 1. The maximum absolute atomic E-state index is 10.8. The van der Waals surface area contributed by atoms with Crippen molar-refractivity contribution in [1.82, 2.24) is 9.78 Å². The molecule has 0 saturated carbocycles. The number of benzene rings is 2. The highest BCUT2D eigenvalue weighted by Gasteiger charge is 2.12. The number of anilines is 1. The van der Waals surface area contributed by atoms with Crippen molar-refractivity contribution in [3.05, 3.63) is 70.8 Å². The third-order valence-corrected chi connectivity index (χ3v) is 3.09. The molecule has 0 aliphatic rings. The topological polar surface area (TPSA) is 87.0 Å². The number of aromatic nitrogens is 2. The molecule has 0 unspecified atom stereocenters. The molecule has 1 heterocycles. The van der Waals surface area contributed by atoms with E-state index < -0.39 is 4.92 Å². The van der Waals surface area contributed by atoms with Gasteiger partial charge in [0.15, 0.2) is 0 Å². The van der Waals surface area contributed by atoms with E-state index >= 15 is 0 Å². The third kappa shape index (κ3) is 2.46. The second-order valence-corrected chi connectivity index (χ2v) is 4.51. The van der Waals surface area contributed by atoms with Crippen LogP contribution in [0.5, 0.6) is 0 Å². The predicted octanol–water partition coefficient (Wildman–Crippen LogP) is 3.03. The van der Waals surface area contributed by atoms with Crippen molar-refractivity contribution < 1.29 is 4.92 Å². The minimum absolute atomic E-state index is 0.00339. The molecule has 0 saturated heterocycles. The van der Waals surface area contributed by atoms with Gasteiger partial charge in [0.25, 0.3) is 5.69 Å². The summed E-state index contributed by atoms with van der Waals surface area (Å²) >= 11 is 0. The average Bonchev–Trinajstić information content (AvgIpc) is 2.90. The summed E-state index contributed by atoms with van der Waals surface area (Å²) in [4.78, 5) is 10.4. The lowest BCUT2D eigenvalue weighted by Crippen LogP contribution is -2.02. The summed E-state index contributed by atoms with van der Waals surface area (Å²) < 4.78 is 1.50. The molecule has 0 spiro atoms. The van der Waals surface area contributed by atoms with E-state index in [0.29, 0.717) is 11.5 Å². The summed E-state index contributed by atoms with van der Waals surface area (Å²) in [6, 6.07) is 17.6. The highest BCUT2D eigenvalue weighted by Crippen LogP contribution is 2.24. The third-order valence-electron chi connectivity index (χ3n) is 3.09. The van der Waals surface area contributed by atoms with E-state index in [1.807, 2.05) is 30.3 Å². The van der Waals surface area contributed by atoms with Crippen molar-refractivity contribution in [3.63, 3.8) is 0 Å². The van der Waals surface area contributed by atoms with Crippen molar-refractivity contribution in [2.45, 2.75) is 0 Å². The fourth-order valence-electron chi connectivity index (χ4n) is 2.09. The van der Waals surface area contributed by atoms with Crippen LogP contribution in [-0.4, -0.2) is 14.7 Å². The highest BCUT2D eigenvalue weighted by molar-refractivity contribution is 5.63. The molecule has 2 aromatic carbocycles. The monoisotopic (exact) mass is 280 g/mol. The van der Waals surface area contributed by atoms with Gasteiger partial charge in [-0.2, -0.15) is 5.10 Å². The number of nitro benzene ring substituents is 1. The van der Waals surface area contributed by atoms with E-state index in [2.05, 4.69) is 5.10 Å². The van der Waals surface area contributed by atoms with E-state index in [1.54, 1.807) is 18.2 Å². The first-order chi connectivity index (χ1) is 10.1. The van der Waals surface area contributed by atoms with Crippen molar-refractivity contribution in [2.75, 3.05) is 5.73 Å². The zero-order chi connectivity index (χ0) is 14.8. The molecule has 0 amide bonds. The lowest BCUT2D eigenvalue weighted by Gasteiger charge is -2.03. The summed E-state index contributed by atoms with van der Waals surface area (Å²) in [5.41, 5.74) is 8.19. The van der Waals surface area contributed by atoms with Gasteiger partial charge in [0, 0.05) is 23.8 Å². The largest absolute Gasteiger partial charge is 0.384 e. The molecule has 0 atom stereocenters. The van der Waals surface area contributed by atoms with Crippen LogP contribution in [0.2, 0.25) is 0 Å². The molecule has 6 heteroatoms. The summed E-state index contributed by atoms with van der Waals surface area (Å²) in [6.07, 6.45) is 0. The summed E-state index contributed by atoms with van der Waals surface area (Å²) in [5.74, 6) is 0.425. The lowest BCUT2D eigenvalue weighted by atomic mass is 10.2. The molecule has 0 bridgehead atoms. The Hall–Kier alpha value is -3.15. The Bertz CT molecular complexity index is 796. The Morgan fingerprint density at radius 1 is 1.05 bits per heavy atom. The number of hydrogen-bond donors (Lipinski definition) is 1. The van der Waals surface area contributed by atoms with E-state index in [9.17, 15) is 10.1 Å². The van der Waals surface area contributed by atoms with Crippen LogP contribution in [0.4, 0.5) is 11.5 Å². The number of nitrogens with two attached hydrogens (primary N) is 1. The van der Waals surface area contributed by atoms with Gasteiger partial charge in [-0.25, -0.2) is 4.68 Å². The number of hydrogen-bond acceptors (Lipinski definition) is 4. The number of nitrogens with zero attached hydrogens (tertiary/aromatic N) is 3. The number of rotatable bonds is 3. The van der Waals surface area contributed by atoms with E-state index in [-0.39, 0.29) is 5.69 Å². The van der Waals surface area contributed by atoms with Gasteiger partial charge in [0.05, 0.1) is 16.3 Å². The molecule has 21 heavy (non-hydrogen) atoms. The second-order valence-electron chi connectivity index (χ2n) is 4.51. The van der Waals surface area contributed by atoms with Crippen molar-refractivity contribution in [1.29, 1.82) is 0 Å². The SMILES string of the molecule is Nc1cc(-c2ccccc2)nn1-c1cccc([N+](=O)[O-])c1. The minimum Gasteiger partial charge on any atom is -0.384 e. The normalized spacial score (nSPS) is 10.5. The standard InChI is InChI=1S/C15H12N4O2/c16-15-10-14(11-5-2-1-3-6-11)17-18(15)12-7-4-8-13(9-12)19(20)21/h1-10H,16H2. The first-order valence-electron chi connectivity index (χ1n) is 6.31. The molecule has 3 rings (SSSR count). The first-order valence-corrected chi connectivity index (χ1v) is 6.31. The molecule has 0 aliphatic carbocycles. The Morgan fingerprint density at radius 2 is 1.81 bits per heavy atom. The summed E-state index contributed by atoms with van der Waals surface area (Å²) in [5, 5.41) is 15.3. The minimum atomic E-state index is -0.443. The van der Waals surface area contributed by atoms with E-state index in [0.717, 1.165) is 11.3 Å². The van der Waals surface area contributed by atoms with Gasteiger partial charge in [0.1, 0.15) is 5.82 Å². The smallest absolute Gasteiger partial charge is 0.271 e. The lowest BCUT2D eigenvalue weighted by molar-refractivity contribution is -0.384. The molecule has 0 aliphatic heterocycles. The van der Waals surface area contributed by atoms with Crippen LogP contribution in [0.25, 0.3) is 16.9 Å². The number of non-ortho nitro benzene ring substituents is 1. The van der Waals surface area contributed by atoms with Crippen LogP contribution < -0.4 is 5.73 Å². The van der Waals surface area contributed by atoms with Crippen LogP contribution in [0, 0.1) is 10.1 Å². The van der Waals surface area contributed by atoms with Crippen LogP contribution in [0.1, 0.15) is 0 Å². The fraction of sp³-hybridized carbons (Fsp3) is 0. The van der Waals surface area contributed by atoms with Crippen LogP contribution >= 0.6 is 0 Å². The zero-order valence-electron chi connectivity index (χ0n) is 11.0. The van der Waals surface area contributed by atoms with Crippen LogP contribution in [0.3, 0.4) is 0 Å². The van der Waals surface area contributed by atoms with Crippen molar-refractivity contribution in [3.8, 4) is 16.9 Å². The van der Waals surface area contributed by atoms with Crippen molar-refractivity contribution >= 4 is 11.5 Å². The van der Waals surface area contributed by atoms with Gasteiger partial charge in [-0.05, 0) is 6.07 Å². The predicted molar refractivity (Wildman–Crippen MR) is 80.1 cm³/mol. The van der Waals surface area contributed by atoms with Gasteiger partial charge in [-0.15, -0.1) is 0 Å². The molecule has 3 aromatic rings. The molecular weight excluding hydrogens is 268 g/mol. The Labute approximate surface area is 120 Å². The van der Waals surface area contributed by atoms with E-state index in [1.165, 1.54) is 16.8 Å². The first kappa shape index (κ1) is 12.9. The Balaban J connectivity index is 2.06. The van der Waals surface area contributed by atoms with Crippen molar-refractivity contribution in [2.24, 2.45) is 0 Å². The van der Waals surface area contributed by atoms with Gasteiger partial charge in [-0.3, -0.25) is 10.1 Å². The second kappa shape index (κ2) is 5.09. The van der Waals surface area contributed by atoms with Crippen LogP contribution in [-0.2, 0) is 0 Å². The van der Waals surface area contributed by atoms with Crippen LogP contribution in [0.15, 0.2) is 60.7 Å². The van der Waals surface area contributed by atoms with E-state index in [4.69, 9.17) is 5.73 Å². The molecule has 6 nitrogen and oxygen atoms in total. The Morgan fingerprint density at radius 3 is 2.52 bits per heavy atom. The zero-order valence-corrected chi connectivity index (χ0v) is 11.0. The summed E-state index contributed by atoms with van der Waals surface area (Å²) in [6.45, 7) is 0. The molecule has 0 fully saturated rings. The van der Waals surface area contributed by atoms with Gasteiger partial charge in [-0.1, -0.05) is 36.4 Å². The van der Waals surface area contributed by atoms with Gasteiger partial charge in [0.2, 0.25) is 0 Å². The van der Waals surface area contributed by atoms with Gasteiger partial charge >= 0.3 is 0 Å². The maximum atomic E-state index is 10.8. The Kier molecular flexibility index (Phi) is 3.12. The molecular formula is C15H12N4O2. The quantitative estimate of drug-likeness (QED) is 0.590. The number of nitro groups is 1. The summed E-state index contributed by atoms with van der Waals surface area (Å²) in [7, 11) is 0. The highest BCUT2D eigenvalue weighted by atomic mass is 16.6. The van der Waals surface area contributed by atoms with Gasteiger partial charge < -0.3 is 5.73 Å². The molecule has 2 N–H and O–H groups in total. The average molecular weight is 280 g/mol. The fourth-order valence-corrected chi connectivity index (χ4v) is 2.09. The maximum Gasteiger partial charge on any atom is 0.271 e. The molecule has 0 radical (unpaired) electrons.